The van der Waals surface area contributed by atoms with Gasteiger partial charge in [-0.3, -0.25) is 0 Å². The van der Waals surface area contributed by atoms with Crippen LogP contribution in [-0.4, -0.2) is 25.1 Å². The third-order valence-electron chi connectivity index (χ3n) is 4.08. The van der Waals surface area contributed by atoms with E-state index in [2.05, 4.69) is 5.16 Å². The van der Waals surface area contributed by atoms with Crippen LogP contribution in [0.5, 0.6) is 11.5 Å². The number of benzene rings is 2. The van der Waals surface area contributed by atoms with Crippen LogP contribution >= 0.6 is 46.4 Å². The Balaban J connectivity index is 2.07. The summed E-state index contributed by atoms with van der Waals surface area (Å²) in [5.41, 5.74) is -0.619. The van der Waals surface area contributed by atoms with Gasteiger partial charge in [0.1, 0.15) is 30.1 Å². The van der Waals surface area contributed by atoms with Crippen LogP contribution in [0.15, 0.2) is 52.1 Å². The van der Waals surface area contributed by atoms with Gasteiger partial charge in [0.25, 0.3) is 0 Å². The van der Waals surface area contributed by atoms with Crippen LogP contribution < -0.4 is 9.47 Å². The summed E-state index contributed by atoms with van der Waals surface area (Å²) >= 11 is 23.5. The number of unbranched alkanes of at least 4 members (excludes halogenated alkanes) is 1. The SMILES string of the molecule is CCCCON=C(c1ccc(COc2c(Cl)cc(OCC=C(Cl)Cl)cc2Cl)cc1)C(F)(F)F. The fourth-order valence-electron chi connectivity index (χ4n) is 2.46. The van der Waals surface area contributed by atoms with E-state index in [1.807, 2.05) is 6.92 Å². The van der Waals surface area contributed by atoms with E-state index in [-0.39, 0.29) is 45.7 Å². The molecular weight excluding hydrogens is 525 g/mol. The lowest BCUT2D eigenvalue weighted by Gasteiger charge is -2.13. The van der Waals surface area contributed by atoms with Gasteiger partial charge in [0.2, 0.25) is 0 Å². The summed E-state index contributed by atoms with van der Waals surface area (Å²) < 4.78 is 51.1. The summed E-state index contributed by atoms with van der Waals surface area (Å²) in [6, 6.07) is 8.58. The molecule has 0 saturated heterocycles. The van der Waals surface area contributed by atoms with E-state index in [4.69, 9.17) is 60.7 Å². The molecule has 180 valence electrons. The first-order valence-corrected chi connectivity index (χ1v) is 11.2. The monoisotopic (exact) mass is 543 g/mol. The molecule has 0 unspecified atom stereocenters. The molecule has 0 aliphatic heterocycles. The smallest absolute Gasteiger partial charge is 0.437 e. The van der Waals surface area contributed by atoms with E-state index < -0.39 is 11.9 Å². The van der Waals surface area contributed by atoms with E-state index in [1.54, 1.807) is 0 Å². The standard InChI is InChI=1S/C22H20Cl4F3NO3/c1-2-3-9-33-30-21(22(27,28)29)15-6-4-14(5-7-15)13-32-20-17(23)11-16(12-18(20)24)31-10-8-19(25)26/h4-8,11-12H,2-3,9-10,13H2,1H3. The Labute approximate surface area is 209 Å². The lowest BCUT2D eigenvalue weighted by Crippen LogP contribution is -2.24. The molecule has 11 heteroatoms. The minimum Gasteiger partial charge on any atom is -0.489 e. The van der Waals surface area contributed by atoms with Crippen molar-refractivity contribution in [2.45, 2.75) is 32.5 Å². The molecule has 0 fully saturated rings. The van der Waals surface area contributed by atoms with Gasteiger partial charge < -0.3 is 14.3 Å². The molecular formula is C22H20Cl4F3NO3. The lowest BCUT2D eigenvalue weighted by atomic mass is 10.1. The molecule has 33 heavy (non-hydrogen) atoms. The summed E-state index contributed by atoms with van der Waals surface area (Å²) in [7, 11) is 0. The molecule has 0 heterocycles. The summed E-state index contributed by atoms with van der Waals surface area (Å²) in [5, 5.41) is 3.68. The van der Waals surface area contributed by atoms with E-state index in [0.717, 1.165) is 6.42 Å². The van der Waals surface area contributed by atoms with Crippen molar-refractivity contribution < 1.29 is 27.5 Å². The number of alkyl halides is 3. The maximum Gasteiger partial charge on any atom is 0.437 e. The average Bonchev–Trinajstić information content (AvgIpc) is 2.72. The predicted octanol–water partition coefficient (Wildman–Crippen LogP) is 8.35. The highest BCUT2D eigenvalue weighted by atomic mass is 35.5. The van der Waals surface area contributed by atoms with Crippen molar-refractivity contribution in [1.82, 2.24) is 0 Å². The molecule has 0 amide bonds. The molecule has 0 spiro atoms. The zero-order valence-corrected chi connectivity index (χ0v) is 20.4. The maximum absolute atomic E-state index is 13.3. The minimum atomic E-state index is -4.65. The second-order valence-electron chi connectivity index (χ2n) is 6.63. The van der Waals surface area contributed by atoms with Crippen LogP contribution in [0.4, 0.5) is 13.2 Å². The third-order valence-corrected chi connectivity index (χ3v) is 4.95. The largest absolute Gasteiger partial charge is 0.489 e. The van der Waals surface area contributed by atoms with Crippen molar-refractivity contribution in [3.63, 3.8) is 0 Å². The van der Waals surface area contributed by atoms with Gasteiger partial charge in [0.05, 0.1) is 10.0 Å². The molecule has 0 aromatic heterocycles. The summed E-state index contributed by atoms with van der Waals surface area (Å²) in [6.07, 6.45) is -1.80. The Kier molecular flexibility index (Phi) is 11.0. The van der Waals surface area contributed by atoms with Gasteiger partial charge in [-0.15, -0.1) is 0 Å². The first-order valence-electron chi connectivity index (χ1n) is 9.74. The fraction of sp³-hybridized carbons (Fsp3) is 0.318. The van der Waals surface area contributed by atoms with Crippen LogP contribution in [0, 0.1) is 0 Å². The van der Waals surface area contributed by atoms with Crippen molar-refractivity contribution in [1.29, 1.82) is 0 Å². The number of halogens is 7. The van der Waals surface area contributed by atoms with E-state index in [1.165, 1.54) is 42.5 Å². The van der Waals surface area contributed by atoms with Gasteiger partial charge in [-0.1, -0.05) is 89.2 Å². The first-order chi connectivity index (χ1) is 15.6. The Morgan fingerprint density at radius 1 is 1.03 bits per heavy atom. The number of rotatable bonds is 11. The average molecular weight is 545 g/mol. The molecule has 2 aromatic carbocycles. The molecule has 0 aliphatic carbocycles. The van der Waals surface area contributed by atoms with Crippen molar-refractivity contribution in [3.8, 4) is 11.5 Å². The molecule has 0 aliphatic rings. The highest BCUT2D eigenvalue weighted by molar-refractivity contribution is 6.55. The number of hydrogen-bond donors (Lipinski definition) is 0. The number of hydrogen-bond acceptors (Lipinski definition) is 4. The van der Waals surface area contributed by atoms with Crippen LogP contribution in [0.2, 0.25) is 10.0 Å². The Hall–Kier alpha value is -1.80. The Morgan fingerprint density at radius 2 is 1.67 bits per heavy atom. The zero-order valence-electron chi connectivity index (χ0n) is 17.4. The zero-order chi connectivity index (χ0) is 24.4. The van der Waals surface area contributed by atoms with Gasteiger partial charge in [-0.2, -0.15) is 13.2 Å². The molecule has 2 rings (SSSR count). The van der Waals surface area contributed by atoms with Gasteiger partial charge >= 0.3 is 6.18 Å². The van der Waals surface area contributed by atoms with Gasteiger partial charge in [-0.25, -0.2) is 0 Å². The van der Waals surface area contributed by atoms with E-state index in [9.17, 15) is 13.2 Å². The van der Waals surface area contributed by atoms with E-state index in [0.29, 0.717) is 17.7 Å². The second-order valence-corrected chi connectivity index (χ2v) is 8.45. The summed E-state index contributed by atoms with van der Waals surface area (Å²) in [4.78, 5) is 4.81. The lowest BCUT2D eigenvalue weighted by molar-refractivity contribution is -0.0615. The number of nitrogens with zero attached hydrogens (tertiary/aromatic N) is 1. The number of ether oxygens (including phenoxy) is 2. The Bertz CT molecular complexity index is 953. The minimum absolute atomic E-state index is 0.0238. The highest BCUT2D eigenvalue weighted by Gasteiger charge is 2.37. The third kappa shape index (κ3) is 9.16. The fourth-order valence-corrected chi connectivity index (χ4v) is 3.16. The number of oxime groups is 1. The normalized spacial score (nSPS) is 11.8. The Morgan fingerprint density at radius 3 is 2.21 bits per heavy atom. The highest BCUT2D eigenvalue weighted by Crippen LogP contribution is 2.37. The molecule has 0 atom stereocenters. The van der Waals surface area contributed by atoms with Crippen LogP contribution in [0.3, 0.4) is 0 Å². The van der Waals surface area contributed by atoms with Crippen LogP contribution in [0.25, 0.3) is 0 Å². The predicted molar refractivity (Wildman–Crippen MR) is 126 cm³/mol. The molecule has 0 N–H and O–H groups in total. The summed E-state index contributed by atoms with van der Waals surface area (Å²) in [5.74, 6) is 0.593. The van der Waals surface area contributed by atoms with Gasteiger partial charge in [0.15, 0.2) is 11.5 Å². The van der Waals surface area contributed by atoms with Crippen molar-refractivity contribution >= 4 is 52.1 Å². The maximum atomic E-state index is 13.3. The van der Waals surface area contributed by atoms with Gasteiger partial charge in [0, 0.05) is 17.7 Å². The summed E-state index contributed by atoms with van der Waals surface area (Å²) in [6.45, 7) is 2.16. The van der Waals surface area contributed by atoms with Crippen molar-refractivity contribution in [3.05, 3.63) is 68.1 Å². The van der Waals surface area contributed by atoms with Crippen LogP contribution in [-0.2, 0) is 11.4 Å². The van der Waals surface area contributed by atoms with Crippen molar-refractivity contribution in [2.75, 3.05) is 13.2 Å². The molecule has 2 aromatic rings. The molecule has 0 saturated carbocycles. The topological polar surface area (TPSA) is 40.0 Å². The van der Waals surface area contributed by atoms with Crippen molar-refractivity contribution in [2.24, 2.45) is 5.16 Å². The first kappa shape index (κ1) is 27.4. The second kappa shape index (κ2) is 13.2. The van der Waals surface area contributed by atoms with E-state index >= 15 is 0 Å². The van der Waals surface area contributed by atoms with Gasteiger partial charge in [-0.05, 0) is 18.1 Å². The molecule has 0 bridgehead atoms. The molecule has 4 nitrogen and oxygen atoms in total. The molecule has 0 radical (unpaired) electrons. The van der Waals surface area contributed by atoms with Crippen LogP contribution in [0.1, 0.15) is 30.9 Å². The quantitative estimate of drug-likeness (QED) is 0.162.